The van der Waals surface area contributed by atoms with E-state index in [0.29, 0.717) is 22.3 Å². The van der Waals surface area contributed by atoms with Crippen LogP contribution in [0.25, 0.3) is 22.2 Å². The summed E-state index contributed by atoms with van der Waals surface area (Å²) in [5.74, 6) is -1.12. The van der Waals surface area contributed by atoms with Gasteiger partial charge in [-0.25, -0.2) is 9.78 Å². The van der Waals surface area contributed by atoms with Crippen molar-refractivity contribution >= 4 is 34.2 Å². The van der Waals surface area contributed by atoms with Crippen molar-refractivity contribution in [1.29, 1.82) is 0 Å². The molecule has 0 saturated heterocycles. The third kappa shape index (κ3) is 4.83. The van der Waals surface area contributed by atoms with Gasteiger partial charge in [0.1, 0.15) is 11.4 Å². The summed E-state index contributed by atoms with van der Waals surface area (Å²) in [4.78, 5) is 40.6. The van der Waals surface area contributed by atoms with E-state index in [-0.39, 0.29) is 16.9 Å². The molecule has 9 nitrogen and oxygen atoms in total. The quantitative estimate of drug-likeness (QED) is 0.244. The lowest BCUT2D eigenvalue weighted by molar-refractivity contribution is -0.383. The van der Waals surface area contributed by atoms with Gasteiger partial charge < -0.3 is 14.8 Å². The molecule has 0 aliphatic carbocycles. The van der Waals surface area contributed by atoms with Crippen molar-refractivity contribution in [2.24, 2.45) is 0 Å². The predicted octanol–water partition coefficient (Wildman–Crippen LogP) is 4.61. The number of ether oxygens (including phenoxy) is 2. The molecule has 0 atom stereocenters. The van der Waals surface area contributed by atoms with E-state index in [9.17, 15) is 19.7 Å². The number of fused-ring (bicyclic) bond motifs is 1. The molecule has 1 amide bonds. The molecular weight excluding hydrogens is 438 g/mol. The number of hydrogen-bond donors (Lipinski definition) is 1. The Kier molecular flexibility index (Phi) is 6.45. The van der Waals surface area contributed by atoms with E-state index in [2.05, 4.69) is 10.3 Å². The van der Waals surface area contributed by atoms with Crippen LogP contribution >= 0.6 is 0 Å². The number of carbonyl (C=O) groups excluding carboxylic acids is 2. The number of nitro groups is 1. The molecule has 34 heavy (non-hydrogen) atoms. The average Bonchev–Trinajstić information content (AvgIpc) is 2.86. The maximum atomic E-state index is 12.9. The Morgan fingerprint density at radius 2 is 1.74 bits per heavy atom. The molecule has 1 aromatic heterocycles. The highest BCUT2D eigenvalue weighted by Crippen LogP contribution is 2.29. The Morgan fingerprint density at radius 3 is 2.47 bits per heavy atom. The number of rotatable bonds is 7. The first kappa shape index (κ1) is 22.4. The summed E-state index contributed by atoms with van der Waals surface area (Å²) in [6.45, 7) is -0.634. The van der Waals surface area contributed by atoms with E-state index >= 15 is 0 Å². The zero-order valence-corrected chi connectivity index (χ0v) is 18.1. The van der Waals surface area contributed by atoms with Crippen molar-refractivity contribution in [1.82, 2.24) is 4.98 Å². The maximum Gasteiger partial charge on any atom is 0.339 e. The molecule has 0 bridgehead atoms. The Bertz CT molecular complexity index is 1390. The highest BCUT2D eigenvalue weighted by Gasteiger charge is 2.20. The van der Waals surface area contributed by atoms with Gasteiger partial charge in [0.15, 0.2) is 6.61 Å². The van der Waals surface area contributed by atoms with Gasteiger partial charge in [-0.05, 0) is 18.2 Å². The molecule has 1 N–H and O–H groups in total. The smallest absolute Gasteiger partial charge is 0.339 e. The van der Waals surface area contributed by atoms with Gasteiger partial charge in [-0.2, -0.15) is 0 Å². The van der Waals surface area contributed by atoms with Crippen molar-refractivity contribution in [3.8, 4) is 17.0 Å². The van der Waals surface area contributed by atoms with Crippen molar-refractivity contribution in [2.75, 3.05) is 19.0 Å². The van der Waals surface area contributed by atoms with Gasteiger partial charge in [0.25, 0.3) is 11.6 Å². The Hall–Kier alpha value is -4.79. The minimum absolute atomic E-state index is 0.0638. The minimum Gasteiger partial charge on any atom is -0.497 e. The number of amides is 1. The number of anilines is 1. The third-order valence-electron chi connectivity index (χ3n) is 5.01. The highest BCUT2D eigenvalue weighted by molar-refractivity contribution is 6.05. The monoisotopic (exact) mass is 457 g/mol. The lowest BCUT2D eigenvalue weighted by atomic mass is 10.0. The van der Waals surface area contributed by atoms with Crippen molar-refractivity contribution in [2.45, 2.75) is 0 Å². The van der Waals surface area contributed by atoms with Crippen LogP contribution in [0, 0.1) is 10.1 Å². The van der Waals surface area contributed by atoms with E-state index < -0.39 is 23.4 Å². The fourth-order valence-electron chi connectivity index (χ4n) is 3.40. The number of esters is 1. The molecule has 9 heteroatoms. The largest absolute Gasteiger partial charge is 0.497 e. The van der Waals surface area contributed by atoms with Crippen LogP contribution in [-0.2, 0) is 9.53 Å². The Balaban J connectivity index is 1.55. The fourth-order valence-corrected chi connectivity index (χ4v) is 3.40. The molecular formula is C25H19N3O6. The number of nitro benzene ring substituents is 1. The first-order chi connectivity index (χ1) is 16.5. The molecule has 0 fully saturated rings. The van der Waals surface area contributed by atoms with Crippen LogP contribution in [0.2, 0.25) is 0 Å². The first-order valence-corrected chi connectivity index (χ1v) is 10.2. The fraction of sp³-hybridized carbons (Fsp3) is 0.0800. The molecule has 4 aromatic rings. The molecule has 0 aliphatic rings. The van der Waals surface area contributed by atoms with Crippen LogP contribution in [0.3, 0.4) is 0 Å². The summed E-state index contributed by atoms with van der Waals surface area (Å²) >= 11 is 0. The van der Waals surface area contributed by atoms with Gasteiger partial charge >= 0.3 is 5.97 Å². The van der Waals surface area contributed by atoms with E-state index in [4.69, 9.17) is 9.47 Å². The number of nitrogens with zero attached hydrogens (tertiary/aromatic N) is 2. The number of carbonyl (C=O) groups is 2. The van der Waals surface area contributed by atoms with Crippen LogP contribution in [0.15, 0.2) is 78.9 Å². The molecule has 0 unspecified atom stereocenters. The standard InChI is InChI=1S/C25H19N3O6/c1-33-17-11-12-23(28(31)32)22(13-17)27-24(29)15-34-25(30)19-14-21(16-7-3-2-4-8-16)26-20-10-6-5-9-18(19)20/h2-14H,15H2,1H3,(H,27,29). The van der Waals surface area contributed by atoms with Crippen LogP contribution in [0.5, 0.6) is 5.75 Å². The van der Waals surface area contributed by atoms with Crippen molar-refractivity contribution < 1.29 is 24.0 Å². The second kappa shape index (κ2) is 9.78. The number of aromatic nitrogens is 1. The topological polar surface area (TPSA) is 121 Å². The third-order valence-corrected chi connectivity index (χ3v) is 5.01. The summed E-state index contributed by atoms with van der Waals surface area (Å²) in [5.41, 5.74) is 1.89. The lowest BCUT2D eigenvalue weighted by Gasteiger charge is -2.11. The van der Waals surface area contributed by atoms with Gasteiger partial charge in [-0.3, -0.25) is 14.9 Å². The second-order valence-electron chi connectivity index (χ2n) is 7.20. The zero-order valence-electron chi connectivity index (χ0n) is 18.1. The van der Waals surface area contributed by atoms with Gasteiger partial charge in [0.2, 0.25) is 0 Å². The maximum absolute atomic E-state index is 12.9. The van der Waals surface area contributed by atoms with Crippen molar-refractivity contribution in [3.05, 3.63) is 94.5 Å². The molecule has 0 saturated carbocycles. The number of benzene rings is 3. The number of methoxy groups -OCH3 is 1. The van der Waals surface area contributed by atoms with Gasteiger partial charge in [0, 0.05) is 23.1 Å². The summed E-state index contributed by atoms with van der Waals surface area (Å²) < 4.78 is 10.3. The second-order valence-corrected chi connectivity index (χ2v) is 7.20. The number of nitrogens with one attached hydrogen (secondary N) is 1. The lowest BCUT2D eigenvalue weighted by Crippen LogP contribution is -2.21. The van der Waals surface area contributed by atoms with Crippen LogP contribution in [0.4, 0.5) is 11.4 Å². The molecule has 0 aliphatic heterocycles. The summed E-state index contributed by atoms with van der Waals surface area (Å²) in [5, 5.41) is 14.2. The molecule has 3 aromatic carbocycles. The van der Waals surface area contributed by atoms with Crippen LogP contribution < -0.4 is 10.1 Å². The molecule has 0 spiro atoms. The van der Waals surface area contributed by atoms with Gasteiger partial charge in [-0.1, -0.05) is 48.5 Å². The number of hydrogen-bond acceptors (Lipinski definition) is 7. The Morgan fingerprint density at radius 1 is 1.00 bits per heavy atom. The van der Waals surface area contributed by atoms with E-state index in [1.807, 2.05) is 36.4 Å². The molecule has 4 rings (SSSR count). The minimum atomic E-state index is -0.730. The zero-order chi connectivity index (χ0) is 24.1. The SMILES string of the molecule is COc1ccc([N+](=O)[O-])c(NC(=O)COC(=O)c2cc(-c3ccccc3)nc3ccccc23)c1. The van der Waals surface area contributed by atoms with E-state index in [1.54, 1.807) is 24.3 Å². The van der Waals surface area contributed by atoms with Crippen molar-refractivity contribution in [3.63, 3.8) is 0 Å². The summed E-state index contributed by atoms with van der Waals surface area (Å²) in [6.07, 6.45) is 0. The highest BCUT2D eigenvalue weighted by atomic mass is 16.6. The Labute approximate surface area is 194 Å². The summed E-state index contributed by atoms with van der Waals surface area (Å²) in [7, 11) is 1.40. The summed E-state index contributed by atoms with van der Waals surface area (Å²) in [6, 6.07) is 22.0. The van der Waals surface area contributed by atoms with Crippen LogP contribution in [-0.4, -0.2) is 35.5 Å². The van der Waals surface area contributed by atoms with Gasteiger partial charge in [-0.15, -0.1) is 0 Å². The number of para-hydroxylation sites is 1. The van der Waals surface area contributed by atoms with E-state index in [0.717, 1.165) is 5.56 Å². The predicted molar refractivity (Wildman–Crippen MR) is 126 cm³/mol. The van der Waals surface area contributed by atoms with Crippen LogP contribution in [0.1, 0.15) is 10.4 Å². The molecule has 0 radical (unpaired) electrons. The normalized spacial score (nSPS) is 10.5. The molecule has 1 heterocycles. The average molecular weight is 457 g/mol. The van der Waals surface area contributed by atoms with Gasteiger partial charge in [0.05, 0.1) is 28.8 Å². The first-order valence-electron chi connectivity index (χ1n) is 10.2. The van der Waals surface area contributed by atoms with E-state index in [1.165, 1.54) is 25.3 Å². The molecule has 170 valence electrons. The number of pyridine rings is 1.